The summed E-state index contributed by atoms with van der Waals surface area (Å²) in [7, 11) is 0. The van der Waals surface area contributed by atoms with Crippen LogP contribution < -0.4 is 0 Å². The van der Waals surface area contributed by atoms with E-state index in [1.807, 2.05) is 36.4 Å². The number of hydrogen-bond donors (Lipinski definition) is 2. The summed E-state index contributed by atoms with van der Waals surface area (Å²) in [5.74, 6) is -0.0888. The third kappa shape index (κ3) is 3.66. The fraction of sp³-hybridized carbons (Fsp3) is 0.160. The highest BCUT2D eigenvalue weighted by Crippen LogP contribution is 2.40. The number of fused-ring (bicyclic) bond motifs is 3. The van der Waals surface area contributed by atoms with Crippen molar-refractivity contribution in [3.05, 3.63) is 98.9 Å². The molecule has 0 saturated carbocycles. The van der Waals surface area contributed by atoms with Gasteiger partial charge in [0, 0.05) is 29.7 Å². The van der Waals surface area contributed by atoms with Crippen LogP contribution in [0.3, 0.4) is 0 Å². The van der Waals surface area contributed by atoms with Gasteiger partial charge in [-0.1, -0.05) is 53.5 Å². The molecule has 0 fully saturated rings. The third-order valence-electron chi connectivity index (χ3n) is 6.41. The van der Waals surface area contributed by atoms with Gasteiger partial charge in [0.1, 0.15) is 5.82 Å². The maximum Gasteiger partial charge on any atom is 0.182 e. The molecule has 0 aliphatic carbocycles. The molecule has 6 rings (SSSR count). The average molecular weight is 493 g/mol. The van der Waals surface area contributed by atoms with Gasteiger partial charge in [-0.15, -0.1) is 5.10 Å². The molecule has 6 nitrogen and oxygen atoms in total. The fourth-order valence-corrected chi connectivity index (χ4v) is 5.20. The Morgan fingerprint density at radius 3 is 2.74 bits per heavy atom. The number of tetrazole rings is 1. The van der Waals surface area contributed by atoms with Gasteiger partial charge >= 0.3 is 0 Å². The Bertz CT molecular complexity index is 1500. The smallest absolute Gasteiger partial charge is 0.182 e. The lowest BCUT2D eigenvalue weighted by Gasteiger charge is -2.36. The van der Waals surface area contributed by atoms with Crippen LogP contribution in [0.1, 0.15) is 28.4 Å². The van der Waals surface area contributed by atoms with E-state index in [-0.39, 0.29) is 11.9 Å². The van der Waals surface area contributed by atoms with Crippen molar-refractivity contribution < 1.29 is 4.39 Å². The molecule has 2 aromatic heterocycles. The van der Waals surface area contributed by atoms with Gasteiger partial charge in [-0.25, -0.2) is 9.49 Å². The highest BCUT2D eigenvalue weighted by atomic mass is 35.5. The molecule has 0 saturated heterocycles. The molecule has 1 unspecified atom stereocenters. The van der Waals surface area contributed by atoms with Gasteiger partial charge in [0.25, 0.3) is 0 Å². The van der Waals surface area contributed by atoms with E-state index in [1.165, 1.54) is 17.0 Å². The normalized spacial score (nSPS) is 16.1. The van der Waals surface area contributed by atoms with Gasteiger partial charge in [0.15, 0.2) is 5.82 Å². The van der Waals surface area contributed by atoms with Crippen molar-refractivity contribution in [1.82, 2.24) is 30.5 Å². The number of hydrogen-bond acceptors (Lipinski definition) is 4. The fourth-order valence-electron chi connectivity index (χ4n) is 4.88. The molecule has 1 aliphatic heterocycles. The maximum absolute atomic E-state index is 14.7. The zero-order chi connectivity index (χ0) is 23.2. The lowest BCUT2D eigenvalue weighted by molar-refractivity contribution is 0.202. The van der Waals surface area contributed by atoms with Crippen LogP contribution in [0.2, 0.25) is 10.0 Å². The Morgan fingerprint density at radius 2 is 1.91 bits per heavy atom. The van der Waals surface area contributed by atoms with E-state index in [9.17, 15) is 4.39 Å². The summed E-state index contributed by atoms with van der Waals surface area (Å²) < 4.78 is 14.7. The molecule has 0 bridgehead atoms. The first-order valence-electron chi connectivity index (χ1n) is 10.9. The van der Waals surface area contributed by atoms with E-state index in [0.717, 1.165) is 35.3 Å². The van der Waals surface area contributed by atoms with E-state index in [1.54, 1.807) is 0 Å². The van der Waals surface area contributed by atoms with E-state index in [4.69, 9.17) is 23.2 Å². The predicted molar refractivity (Wildman–Crippen MR) is 130 cm³/mol. The summed E-state index contributed by atoms with van der Waals surface area (Å²) in [6.45, 7) is 1.49. The number of rotatable bonds is 4. The zero-order valence-electron chi connectivity index (χ0n) is 17.9. The number of H-pyrrole nitrogens is 2. The van der Waals surface area contributed by atoms with Crippen LogP contribution in [0, 0.1) is 5.82 Å². The quantitative estimate of drug-likeness (QED) is 0.325. The summed E-state index contributed by atoms with van der Waals surface area (Å²) in [4.78, 5) is 6.01. The van der Waals surface area contributed by atoms with Gasteiger partial charge in [-0.05, 0) is 63.9 Å². The van der Waals surface area contributed by atoms with Crippen LogP contribution in [0.25, 0.3) is 22.3 Å². The van der Waals surface area contributed by atoms with Crippen molar-refractivity contribution in [3.8, 4) is 11.4 Å². The highest BCUT2D eigenvalue weighted by Gasteiger charge is 2.32. The molecule has 0 radical (unpaired) electrons. The lowest BCUT2D eigenvalue weighted by Crippen LogP contribution is -2.35. The summed E-state index contributed by atoms with van der Waals surface area (Å²) in [6.07, 6.45) is 0.900. The predicted octanol–water partition coefficient (Wildman–Crippen LogP) is 5.94. The lowest BCUT2D eigenvalue weighted by atomic mass is 9.91. The Morgan fingerprint density at radius 1 is 1.03 bits per heavy atom. The molecule has 5 aromatic rings. The van der Waals surface area contributed by atoms with Gasteiger partial charge in [-0.2, -0.15) is 0 Å². The van der Waals surface area contributed by atoms with Crippen molar-refractivity contribution in [2.24, 2.45) is 0 Å². The Hall–Kier alpha value is -3.26. The van der Waals surface area contributed by atoms with Gasteiger partial charge in [0.2, 0.25) is 0 Å². The number of halogens is 3. The second kappa shape index (κ2) is 8.51. The first kappa shape index (κ1) is 21.3. The third-order valence-corrected chi connectivity index (χ3v) is 7.15. The van der Waals surface area contributed by atoms with Crippen molar-refractivity contribution in [1.29, 1.82) is 0 Å². The van der Waals surface area contributed by atoms with Crippen molar-refractivity contribution >= 4 is 34.1 Å². The largest absolute Gasteiger partial charge is 0.357 e. The second-order valence-electron chi connectivity index (χ2n) is 8.42. The minimum Gasteiger partial charge on any atom is -0.357 e. The van der Waals surface area contributed by atoms with Crippen LogP contribution >= 0.6 is 23.2 Å². The van der Waals surface area contributed by atoms with E-state index in [0.29, 0.717) is 28.0 Å². The molecule has 2 N–H and O–H groups in total. The van der Waals surface area contributed by atoms with Crippen LogP contribution in [0.4, 0.5) is 4.39 Å². The van der Waals surface area contributed by atoms with Crippen molar-refractivity contribution in [3.63, 3.8) is 0 Å². The summed E-state index contributed by atoms with van der Waals surface area (Å²) >= 11 is 12.4. The Kier molecular flexibility index (Phi) is 5.32. The van der Waals surface area contributed by atoms with Crippen molar-refractivity contribution in [2.75, 3.05) is 6.54 Å². The molecule has 0 spiro atoms. The summed E-state index contributed by atoms with van der Waals surface area (Å²) in [5, 5.41) is 16.1. The molecule has 34 heavy (non-hydrogen) atoms. The second-order valence-corrected chi connectivity index (χ2v) is 9.24. The number of aromatic amines is 2. The van der Waals surface area contributed by atoms with Crippen LogP contribution in [-0.4, -0.2) is 37.1 Å². The Labute approximate surface area is 204 Å². The molecule has 1 aliphatic rings. The minimum atomic E-state index is -0.383. The van der Waals surface area contributed by atoms with Crippen molar-refractivity contribution in [2.45, 2.75) is 19.0 Å². The maximum atomic E-state index is 14.7. The number of para-hydroxylation sites is 1. The molecule has 0 amide bonds. The number of aromatic nitrogens is 5. The number of nitrogens with zero attached hydrogens (tertiary/aromatic N) is 4. The van der Waals surface area contributed by atoms with Crippen LogP contribution in [0.5, 0.6) is 0 Å². The van der Waals surface area contributed by atoms with E-state index < -0.39 is 0 Å². The molecular formula is C25H19Cl2FN6. The number of benzene rings is 3. The first-order chi connectivity index (χ1) is 16.6. The minimum absolute atomic E-state index is 0.124. The molecule has 170 valence electrons. The average Bonchev–Trinajstić information content (AvgIpc) is 3.50. The summed E-state index contributed by atoms with van der Waals surface area (Å²) in [6, 6.07) is 19.0. The van der Waals surface area contributed by atoms with Crippen LogP contribution in [0.15, 0.2) is 60.7 Å². The zero-order valence-corrected chi connectivity index (χ0v) is 19.4. The van der Waals surface area contributed by atoms with E-state index in [2.05, 4.69) is 48.7 Å². The van der Waals surface area contributed by atoms with Gasteiger partial charge in [0.05, 0.1) is 21.7 Å². The highest BCUT2D eigenvalue weighted by molar-refractivity contribution is 6.42. The topological polar surface area (TPSA) is 73.5 Å². The Balaban J connectivity index is 1.49. The molecule has 3 heterocycles. The molecule has 1 atom stereocenters. The summed E-state index contributed by atoms with van der Waals surface area (Å²) in [5.41, 5.74) is 5.83. The van der Waals surface area contributed by atoms with E-state index >= 15 is 0 Å². The van der Waals surface area contributed by atoms with Gasteiger partial charge in [-0.3, -0.25) is 4.90 Å². The monoisotopic (exact) mass is 492 g/mol. The standard InChI is InChI=1S/C25H19Cl2FN6/c26-19-7-5-14(11-20(19)27)13-34-10-9-17-16-3-1-2-4-22(16)29-23(17)24(34)15-6-8-21(28)18(12-15)25-30-32-33-31-25/h1-8,11-12,24,29H,9-10,13H2,(H,30,31,32,33). The molecular weight excluding hydrogens is 474 g/mol. The number of nitrogens with one attached hydrogen (secondary N) is 2. The van der Waals surface area contributed by atoms with Crippen LogP contribution in [-0.2, 0) is 13.0 Å². The molecule has 9 heteroatoms. The molecule has 3 aromatic carbocycles. The SMILES string of the molecule is Fc1ccc(C2c3[nH]c4ccccc4c3CCN2Cc2ccc(Cl)c(Cl)c2)cc1-c1nnn[nH]1. The first-order valence-corrected chi connectivity index (χ1v) is 11.6. The van der Waals surface area contributed by atoms with Gasteiger partial charge < -0.3 is 4.98 Å².